The van der Waals surface area contributed by atoms with E-state index in [0.717, 1.165) is 33.4 Å². The first-order chi connectivity index (χ1) is 16.8. The third-order valence-corrected chi connectivity index (χ3v) is 5.06. The number of allylic oxidation sites excluding steroid dienone is 5. The summed E-state index contributed by atoms with van der Waals surface area (Å²) >= 11 is 0. The fourth-order valence-electron chi connectivity index (χ4n) is 3.60. The van der Waals surface area contributed by atoms with E-state index in [9.17, 15) is 10.0 Å². The standard InChI is InChI=1S/C27H32BN2O3.C2H6.K/c1-7-9-14-24-21(5)17-22(6)25(15-10-8-2)26(24)19-30(33-29-20(3)4)18-23-13-11-12-16-27(23)28(31)32;1-2;/h7-17,31-32H,1-3,18-19H2,4-6H3;1-2H3;/q-1;;+1/b14-9-,15-10-;;. The molecular weight excluding hydrogens is 474 g/mol. The summed E-state index contributed by atoms with van der Waals surface area (Å²) in [5, 5.41) is 21.3. The van der Waals surface area contributed by atoms with Gasteiger partial charge in [-0.25, -0.2) is 0 Å². The minimum absolute atomic E-state index is 0. The molecule has 0 amide bonds. The maximum Gasteiger partial charge on any atom is 1.00 e. The Balaban J connectivity index is 0.00000398. The largest absolute Gasteiger partial charge is 1.00 e. The van der Waals surface area contributed by atoms with Gasteiger partial charge in [0.2, 0.25) is 0 Å². The van der Waals surface area contributed by atoms with Crippen LogP contribution in [0.15, 0.2) is 80.1 Å². The van der Waals surface area contributed by atoms with Crippen LogP contribution in [0.1, 0.15) is 54.2 Å². The summed E-state index contributed by atoms with van der Waals surface area (Å²) < 4.78 is 0. The average molecular weight is 513 g/mol. The molecule has 2 N–H and O–H groups in total. The average Bonchev–Trinajstić information content (AvgIpc) is 2.83. The van der Waals surface area contributed by atoms with Crippen LogP contribution in [0.3, 0.4) is 0 Å². The summed E-state index contributed by atoms with van der Waals surface area (Å²) in [5.41, 5.74) is 11.1. The maximum atomic E-state index is 9.80. The zero-order chi connectivity index (χ0) is 26.4. The van der Waals surface area contributed by atoms with Crippen LogP contribution >= 0.6 is 0 Å². The van der Waals surface area contributed by atoms with E-state index in [1.807, 2.05) is 50.3 Å². The van der Waals surface area contributed by atoms with Crippen molar-refractivity contribution in [3.05, 3.63) is 119 Å². The normalized spacial score (nSPS) is 10.6. The Morgan fingerprint density at radius 2 is 1.53 bits per heavy atom. The van der Waals surface area contributed by atoms with Gasteiger partial charge >= 0.3 is 58.5 Å². The van der Waals surface area contributed by atoms with Crippen molar-refractivity contribution in [3.8, 4) is 0 Å². The Bertz CT molecular complexity index is 1020. The van der Waals surface area contributed by atoms with E-state index < -0.39 is 7.12 Å². The molecule has 0 radical (unpaired) electrons. The number of benzene rings is 2. The number of nitrogens with zero attached hydrogens (tertiary/aromatic N) is 2. The zero-order valence-electron chi connectivity index (χ0n) is 22.7. The quantitative estimate of drug-likeness (QED) is 0.261. The van der Waals surface area contributed by atoms with Crippen molar-refractivity contribution in [2.45, 2.75) is 47.7 Å². The van der Waals surface area contributed by atoms with Crippen LogP contribution in [0, 0.1) is 13.8 Å². The molecule has 0 fully saturated rings. The fourth-order valence-corrected chi connectivity index (χ4v) is 3.60. The minimum Gasteiger partial charge on any atom is -0.546 e. The molecule has 0 aromatic heterocycles. The Labute approximate surface area is 260 Å². The number of aryl methyl sites for hydroxylation is 2. The molecule has 2 rings (SSSR count). The van der Waals surface area contributed by atoms with Gasteiger partial charge in [0.05, 0.1) is 0 Å². The van der Waals surface area contributed by atoms with Gasteiger partial charge in [-0.1, -0.05) is 101 Å². The first kappa shape index (κ1) is 34.5. The van der Waals surface area contributed by atoms with Crippen LogP contribution in [0.2, 0.25) is 0 Å². The third kappa shape index (κ3) is 10.8. The van der Waals surface area contributed by atoms with Gasteiger partial charge in [0.15, 0.2) is 0 Å². The summed E-state index contributed by atoms with van der Waals surface area (Å²) in [6.45, 7) is 21.9. The van der Waals surface area contributed by atoms with Crippen molar-refractivity contribution in [3.63, 3.8) is 0 Å². The van der Waals surface area contributed by atoms with Gasteiger partial charge in [-0.05, 0) is 52.7 Å². The number of hydroxylamine groups is 3. The Hall–Kier alpha value is -1.52. The van der Waals surface area contributed by atoms with Crippen molar-refractivity contribution < 1.29 is 66.4 Å². The van der Waals surface area contributed by atoms with Crippen molar-refractivity contribution in [1.29, 1.82) is 0 Å². The van der Waals surface area contributed by atoms with Crippen LogP contribution in [-0.2, 0) is 18.0 Å². The topological polar surface area (TPSA) is 67.0 Å². The molecule has 0 unspecified atom stereocenters. The number of hydrogen-bond acceptors (Lipinski definition) is 4. The van der Waals surface area contributed by atoms with E-state index in [1.165, 1.54) is 0 Å². The van der Waals surface area contributed by atoms with Crippen LogP contribution in [0.5, 0.6) is 0 Å². The molecule has 0 aliphatic carbocycles. The number of hydrogen-bond donors (Lipinski definition) is 2. The molecule has 7 heteroatoms. The van der Waals surface area contributed by atoms with E-state index in [-0.39, 0.29) is 57.9 Å². The van der Waals surface area contributed by atoms with Crippen LogP contribution in [-0.4, -0.2) is 22.2 Å². The minimum atomic E-state index is -1.58. The van der Waals surface area contributed by atoms with Gasteiger partial charge in [0.25, 0.3) is 0 Å². The molecule has 0 aliphatic rings. The second-order valence-electron chi connectivity index (χ2n) is 7.78. The third-order valence-electron chi connectivity index (χ3n) is 5.06. The summed E-state index contributed by atoms with van der Waals surface area (Å²) in [5.74, 6) is 0. The first-order valence-electron chi connectivity index (χ1n) is 11.7. The number of rotatable bonds is 12. The van der Waals surface area contributed by atoms with Crippen LogP contribution in [0.25, 0.3) is 17.6 Å². The van der Waals surface area contributed by atoms with Gasteiger partial charge in [-0.2, -0.15) is 10.8 Å². The molecule has 0 aliphatic heterocycles. The van der Waals surface area contributed by atoms with Crippen LogP contribution < -0.4 is 56.8 Å². The summed E-state index contributed by atoms with van der Waals surface area (Å²) in [6, 6.07) is 9.28. The molecule has 0 atom stereocenters. The summed E-state index contributed by atoms with van der Waals surface area (Å²) in [7, 11) is -1.58. The van der Waals surface area contributed by atoms with Crippen molar-refractivity contribution in [1.82, 2.24) is 5.06 Å². The van der Waals surface area contributed by atoms with Gasteiger partial charge in [0.1, 0.15) is 0 Å². The van der Waals surface area contributed by atoms with Crippen LogP contribution in [0.4, 0.5) is 0 Å². The van der Waals surface area contributed by atoms with Gasteiger partial charge in [-0.3, -0.25) is 0 Å². The van der Waals surface area contributed by atoms with Crippen molar-refractivity contribution in [2.24, 2.45) is 0 Å². The molecule has 2 aromatic carbocycles. The molecule has 36 heavy (non-hydrogen) atoms. The molecule has 2 aromatic rings. The van der Waals surface area contributed by atoms with E-state index >= 15 is 0 Å². The Kier molecular flexibility index (Phi) is 17.9. The zero-order valence-corrected chi connectivity index (χ0v) is 25.8. The Morgan fingerprint density at radius 3 is 2.00 bits per heavy atom. The SMILES string of the molecule is C=C/C=C\c1c(C)cc(C)c(/C=C\C=C)c1CN(Cc1ccccc1B(O)O)O[N-]C(=C)C.CC.[K+]. The monoisotopic (exact) mass is 512 g/mol. The molecule has 186 valence electrons. The predicted octanol–water partition coefficient (Wildman–Crippen LogP) is 3.17. The maximum absolute atomic E-state index is 9.80. The molecule has 0 saturated heterocycles. The molecule has 0 saturated carbocycles. The molecule has 5 nitrogen and oxygen atoms in total. The van der Waals surface area contributed by atoms with E-state index in [2.05, 4.69) is 45.1 Å². The van der Waals surface area contributed by atoms with Gasteiger partial charge < -0.3 is 20.5 Å². The van der Waals surface area contributed by atoms with Crippen molar-refractivity contribution >= 4 is 24.7 Å². The molecular formula is C29H38BKN2O3. The van der Waals surface area contributed by atoms with Gasteiger partial charge in [0, 0.05) is 13.1 Å². The molecule has 0 bridgehead atoms. The smallest absolute Gasteiger partial charge is 0.546 e. The van der Waals surface area contributed by atoms with E-state index in [4.69, 9.17) is 4.94 Å². The van der Waals surface area contributed by atoms with Crippen molar-refractivity contribution in [2.75, 3.05) is 0 Å². The van der Waals surface area contributed by atoms with Gasteiger partial charge in [-0.15, -0.1) is 6.58 Å². The summed E-state index contributed by atoms with van der Waals surface area (Å²) in [4.78, 5) is 5.75. The Morgan fingerprint density at radius 1 is 1.00 bits per heavy atom. The summed E-state index contributed by atoms with van der Waals surface area (Å²) in [6.07, 6.45) is 11.4. The van der Waals surface area contributed by atoms with E-state index in [1.54, 1.807) is 36.3 Å². The predicted molar refractivity (Wildman–Crippen MR) is 150 cm³/mol. The fraction of sp³-hybridized carbons (Fsp3) is 0.241. The molecule has 0 spiro atoms. The second-order valence-corrected chi connectivity index (χ2v) is 7.78. The van der Waals surface area contributed by atoms with E-state index in [0.29, 0.717) is 17.7 Å². The second kappa shape index (κ2) is 18.7. The first-order valence-corrected chi connectivity index (χ1v) is 11.7. The molecule has 0 heterocycles.